The fourth-order valence-corrected chi connectivity index (χ4v) is 2.88. The van der Waals surface area contributed by atoms with E-state index in [2.05, 4.69) is 58.4 Å². The van der Waals surface area contributed by atoms with Gasteiger partial charge < -0.3 is 11.5 Å². The molecule has 0 amide bonds. The van der Waals surface area contributed by atoms with E-state index < -0.39 is 0 Å². The monoisotopic (exact) mass is 280 g/mol. The first-order valence-electron chi connectivity index (χ1n) is 7.17. The lowest BCUT2D eigenvalue weighted by Crippen LogP contribution is -2.52. The summed E-state index contributed by atoms with van der Waals surface area (Å²) in [6, 6.07) is 21.6. The van der Waals surface area contributed by atoms with Gasteiger partial charge in [0.2, 0.25) is 0 Å². The first-order valence-corrected chi connectivity index (χ1v) is 7.17. The van der Waals surface area contributed by atoms with Crippen LogP contribution in [0.1, 0.15) is 17.2 Å². The summed E-state index contributed by atoms with van der Waals surface area (Å²) in [6.45, 7) is 1.76. The van der Waals surface area contributed by atoms with Crippen LogP contribution >= 0.6 is 0 Å². The predicted octanol–water partition coefficient (Wildman–Crippen LogP) is 1.73. The zero-order valence-electron chi connectivity index (χ0n) is 11.9. The van der Waals surface area contributed by atoms with Crippen molar-refractivity contribution < 1.29 is 0 Å². The molecule has 0 atom stereocenters. The lowest BCUT2D eigenvalue weighted by Gasteiger charge is -2.43. The van der Waals surface area contributed by atoms with Gasteiger partial charge >= 0.3 is 0 Å². The van der Waals surface area contributed by atoms with E-state index in [-0.39, 0.29) is 18.0 Å². The number of nitrogens with zero attached hydrogens (tertiary/aromatic N) is 2. The van der Waals surface area contributed by atoms with Crippen LogP contribution < -0.4 is 11.5 Å². The molecule has 0 aliphatic carbocycles. The fourth-order valence-electron chi connectivity index (χ4n) is 2.88. The molecular weight excluding hydrogens is 260 g/mol. The third-order valence-electron chi connectivity index (χ3n) is 3.82. The number of aliphatic imine (C=N–C) groups is 1. The van der Waals surface area contributed by atoms with Gasteiger partial charge in [0.1, 0.15) is 0 Å². The highest BCUT2D eigenvalue weighted by Crippen LogP contribution is 2.32. The van der Waals surface area contributed by atoms with Gasteiger partial charge in [-0.1, -0.05) is 60.7 Å². The van der Waals surface area contributed by atoms with Crippen LogP contribution in [0.5, 0.6) is 0 Å². The number of guanidine groups is 1. The number of hydrogen-bond donors (Lipinski definition) is 2. The second kappa shape index (κ2) is 5.97. The smallest absolute Gasteiger partial charge is 0.186 e. The lowest BCUT2D eigenvalue weighted by molar-refractivity contribution is 0.115. The second-order valence-corrected chi connectivity index (χ2v) is 5.39. The Bertz CT molecular complexity index is 560. The topological polar surface area (TPSA) is 67.6 Å². The van der Waals surface area contributed by atoms with Gasteiger partial charge in [0.15, 0.2) is 5.96 Å². The summed E-state index contributed by atoms with van der Waals surface area (Å²) in [5.74, 6) is 0.177. The van der Waals surface area contributed by atoms with Crippen molar-refractivity contribution in [1.29, 1.82) is 0 Å². The van der Waals surface area contributed by atoms with Gasteiger partial charge in [0.05, 0.1) is 12.1 Å². The normalized spacial score (nSPS) is 15.7. The van der Waals surface area contributed by atoms with Crippen LogP contribution in [-0.4, -0.2) is 30.0 Å². The Hall–Kier alpha value is -2.33. The number of rotatable bonds is 4. The van der Waals surface area contributed by atoms with E-state index in [0.717, 1.165) is 13.1 Å². The summed E-state index contributed by atoms with van der Waals surface area (Å²) >= 11 is 0. The Balaban J connectivity index is 1.84. The van der Waals surface area contributed by atoms with E-state index in [1.807, 2.05) is 12.1 Å². The number of nitrogens with two attached hydrogens (primary N) is 2. The van der Waals surface area contributed by atoms with Gasteiger partial charge in [-0.15, -0.1) is 0 Å². The van der Waals surface area contributed by atoms with Gasteiger partial charge in [-0.05, 0) is 11.1 Å². The highest BCUT2D eigenvalue weighted by molar-refractivity contribution is 5.76. The first-order chi connectivity index (χ1) is 10.2. The van der Waals surface area contributed by atoms with Crippen molar-refractivity contribution in [2.45, 2.75) is 12.1 Å². The molecule has 4 heteroatoms. The fraction of sp³-hybridized carbons (Fsp3) is 0.235. The summed E-state index contributed by atoms with van der Waals surface area (Å²) in [5, 5.41) is 0. The molecule has 2 aromatic carbocycles. The van der Waals surface area contributed by atoms with Crippen molar-refractivity contribution in [3.8, 4) is 0 Å². The van der Waals surface area contributed by atoms with Gasteiger partial charge in [-0.2, -0.15) is 0 Å². The number of benzene rings is 2. The molecule has 1 aliphatic heterocycles. The number of likely N-dealkylation sites (tertiary alicyclic amines) is 1. The Labute approximate surface area is 125 Å². The molecule has 0 spiro atoms. The molecule has 0 aromatic heterocycles. The van der Waals surface area contributed by atoms with Crippen molar-refractivity contribution >= 4 is 5.96 Å². The Morgan fingerprint density at radius 1 is 0.905 bits per heavy atom. The largest absolute Gasteiger partial charge is 0.370 e. The minimum absolute atomic E-state index is 0.177. The first kappa shape index (κ1) is 13.6. The van der Waals surface area contributed by atoms with Gasteiger partial charge in [-0.25, -0.2) is 4.99 Å². The molecular formula is C17H20N4. The molecule has 4 N–H and O–H groups in total. The molecule has 21 heavy (non-hydrogen) atoms. The van der Waals surface area contributed by atoms with E-state index in [1.54, 1.807) is 0 Å². The molecule has 1 heterocycles. The van der Waals surface area contributed by atoms with Crippen molar-refractivity contribution in [2.75, 3.05) is 13.1 Å². The maximum Gasteiger partial charge on any atom is 0.186 e. The van der Waals surface area contributed by atoms with Gasteiger partial charge in [0.25, 0.3) is 0 Å². The van der Waals surface area contributed by atoms with Gasteiger partial charge in [0, 0.05) is 13.1 Å². The maximum absolute atomic E-state index is 5.46. The van der Waals surface area contributed by atoms with Crippen molar-refractivity contribution in [3.63, 3.8) is 0 Å². The van der Waals surface area contributed by atoms with Crippen LogP contribution in [0.25, 0.3) is 0 Å². The third kappa shape index (κ3) is 3.06. The molecule has 1 aliphatic rings. The standard InChI is InChI=1S/C17H20N4/c18-17(19)20-15-11-21(12-15)16(13-7-3-1-4-8-13)14-9-5-2-6-10-14/h1-10,15-16H,11-12H2,(H4,18,19,20). The van der Waals surface area contributed by atoms with E-state index in [0.29, 0.717) is 0 Å². The predicted molar refractivity (Wildman–Crippen MR) is 85.9 cm³/mol. The van der Waals surface area contributed by atoms with Crippen LogP contribution in [0.15, 0.2) is 65.7 Å². The van der Waals surface area contributed by atoms with E-state index >= 15 is 0 Å². The van der Waals surface area contributed by atoms with Gasteiger partial charge in [-0.3, -0.25) is 4.90 Å². The average molecular weight is 280 g/mol. The Morgan fingerprint density at radius 2 is 1.38 bits per heavy atom. The summed E-state index contributed by atoms with van der Waals surface area (Å²) in [4.78, 5) is 6.64. The zero-order chi connectivity index (χ0) is 14.7. The van der Waals surface area contributed by atoms with Crippen LogP contribution in [-0.2, 0) is 0 Å². The molecule has 0 bridgehead atoms. The van der Waals surface area contributed by atoms with Crippen LogP contribution in [0.4, 0.5) is 0 Å². The molecule has 4 nitrogen and oxygen atoms in total. The molecule has 3 rings (SSSR count). The molecule has 0 saturated carbocycles. The average Bonchev–Trinajstić information content (AvgIpc) is 2.47. The van der Waals surface area contributed by atoms with Crippen LogP contribution in [0.3, 0.4) is 0 Å². The Morgan fingerprint density at radius 3 is 1.81 bits per heavy atom. The highest BCUT2D eigenvalue weighted by Gasteiger charge is 2.33. The highest BCUT2D eigenvalue weighted by atomic mass is 15.3. The molecule has 0 radical (unpaired) electrons. The molecule has 108 valence electrons. The minimum atomic E-state index is 0.177. The lowest BCUT2D eigenvalue weighted by atomic mass is 9.93. The third-order valence-corrected chi connectivity index (χ3v) is 3.82. The van der Waals surface area contributed by atoms with Crippen LogP contribution in [0, 0.1) is 0 Å². The molecule has 0 unspecified atom stereocenters. The summed E-state index contributed by atoms with van der Waals surface area (Å²) in [7, 11) is 0. The minimum Gasteiger partial charge on any atom is -0.370 e. The number of hydrogen-bond acceptors (Lipinski definition) is 2. The Kier molecular flexibility index (Phi) is 3.88. The molecule has 1 saturated heterocycles. The zero-order valence-corrected chi connectivity index (χ0v) is 11.9. The summed E-state index contributed by atoms with van der Waals surface area (Å²) in [6.07, 6.45) is 0. The maximum atomic E-state index is 5.46. The van der Waals surface area contributed by atoms with E-state index in [4.69, 9.17) is 11.5 Å². The van der Waals surface area contributed by atoms with E-state index in [9.17, 15) is 0 Å². The van der Waals surface area contributed by atoms with E-state index in [1.165, 1.54) is 11.1 Å². The van der Waals surface area contributed by atoms with Crippen molar-refractivity contribution in [3.05, 3.63) is 71.8 Å². The SMILES string of the molecule is NC(N)=NC1CN(C(c2ccccc2)c2ccccc2)C1. The van der Waals surface area contributed by atoms with Crippen LogP contribution in [0.2, 0.25) is 0 Å². The van der Waals surface area contributed by atoms with Crippen molar-refractivity contribution in [1.82, 2.24) is 4.90 Å². The summed E-state index contributed by atoms with van der Waals surface area (Å²) < 4.78 is 0. The van der Waals surface area contributed by atoms with Crippen molar-refractivity contribution in [2.24, 2.45) is 16.5 Å². The molecule has 2 aromatic rings. The summed E-state index contributed by atoms with van der Waals surface area (Å²) in [5.41, 5.74) is 13.5. The molecule has 1 fully saturated rings. The quantitative estimate of drug-likeness (QED) is 0.662. The second-order valence-electron chi connectivity index (χ2n) is 5.39.